The number of benzene rings is 1. The van der Waals surface area contributed by atoms with Gasteiger partial charge in [0.15, 0.2) is 0 Å². The second kappa shape index (κ2) is 6.42. The Labute approximate surface area is 138 Å². The number of hydrogen-bond donors (Lipinski definition) is 0. The van der Waals surface area contributed by atoms with E-state index in [1.807, 2.05) is 0 Å². The summed E-state index contributed by atoms with van der Waals surface area (Å²) in [6.07, 6.45) is 0. The maximum absolute atomic E-state index is 12.4. The Kier molecular flexibility index (Phi) is 6.61. The second-order valence-electron chi connectivity index (χ2n) is 2.80. The predicted octanol–water partition coefficient (Wildman–Crippen LogP) is -0.815. The van der Waals surface area contributed by atoms with Crippen molar-refractivity contribution >= 4 is 30.0 Å². The van der Waals surface area contributed by atoms with Crippen LogP contribution in [-0.4, -0.2) is 20.1 Å². The minimum absolute atomic E-state index is 0. The zero-order valence-corrected chi connectivity index (χ0v) is 12.5. The second-order valence-corrected chi connectivity index (χ2v) is 3.21. The van der Waals surface area contributed by atoms with Crippen LogP contribution in [0.1, 0.15) is 10.4 Å². The summed E-state index contributed by atoms with van der Waals surface area (Å²) in [5, 5.41) is -0.421. The molecule has 82 valence electrons. The van der Waals surface area contributed by atoms with Gasteiger partial charge in [-0.15, -0.1) is 0 Å². The van der Waals surface area contributed by atoms with Crippen LogP contribution in [0.3, 0.4) is 0 Å². The van der Waals surface area contributed by atoms with Gasteiger partial charge in [-0.3, -0.25) is 0 Å². The van der Waals surface area contributed by atoms with E-state index >= 15 is 0 Å². The standard InChI is InChI=1S/C8H6BClF3O2.K/c1-15-8(14)5-2-3-7(10)6(4-5)9(11,12)13;/h2-4H,1H3;/q-1;+1. The molecule has 0 bridgehead atoms. The first-order valence-electron chi connectivity index (χ1n) is 3.94. The van der Waals surface area contributed by atoms with E-state index in [2.05, 4.69) is 4.74 Å². The van der Waals surface area contributed by atoms with Crippen molar-refractivity contribution in [3.63, 3.8) is 0 Å². The van der Waals surface area contributed by atoms with Crippen LogP contribution in [0.2, 0.25) is 5.02 Å². The van der Waals surface area contributed by atoms with Gasteiger partial charge in [0, 0.05) is 5.02 Å². The number of carbonyl (C=O) groups excluding carboxylic acids is 1. The molecule has 0 fully saturated rings. The molecule has 2 nitrogen and oxygen atoms in total. The molecule has 0 aliphatic carbocycles. The van der Waals surface area contributed by atoms with Crippen molar-refractivity contribution in [3.8, 4) is 0 Å². The molecule has 1 aromatic rings. The summed E-state index contributed by atoms with van der Waals surface area (Å²) >= 11 is 5.37. The largest absolute Gasteiger partial charge is 1.00 e. The Bertz CT molecular complexity index is 397. The first-order chi connectivity index (χ1) is 6.86. The van der Waals surface area contributed by atoms with Gasteiger partial charge in [0.05, 0.1) is 12.7 Å². The maximum Gasteiger partial charge on any atom is 1.00 e. The van der Waals surface area contributed by atoms with Crippen molar-refractivity contribution in [2.75, 3.05) is 7.11 Å². The van der Waals surface area contributed by atoms with Crippen LogP contribution in [0.25, 0.3) is 0 Å². The predicted molar refractivity (Wildman–Crippen MR) is 51.5 cm³/mol. The van der Waals surface area contributed by atoms with Crippen LogP contribution in [0.5, 0.6) is 0 Å². The Morgan fingerprint density at radius 2 is 1.94 bits per heavy atom. The number of ether oxygens (including phenoxy) is 1. The summed E-state index contributed by atoms with van der Waals surface area (Å²) in [5.41, 5.74) is -1.16. The van der Waals surface area contributed by atoms with Crippen LogP contribution in [0, 0.1) is 0 Å². The summed E-state index contributed by atoms with van der Waals surface area (Å²) in [5.74, 6) is -0.826. The molecule has 0 unspecified atom stereocenters. The summed E-state index contributed by atoms with van der Waals surface area (Å²) in [6, 6.07) is 2.89. The summed E-state index contributed by atoms with van der Waals surface area (Å²) in [6.45, 7) is -5.22. The zero-order valence-electron chi connectivity index (χ0n) is 8.64. The van der Waals surface area contributed by atoms with Crippen LogP contribution in [0.4, 0.5) is 12.9 Å². The van der Waals surface area contributed by atoms with Gasteiger partial charge in [0.25, 0.3) is 0 Å². The first-order valence-corrected chi connectivity index (χ1v) is 4.31. The smallest absolute Gasteiger partial charge is 0.465 e. The van der Waals surface area contributed by atoms with Gasteiger partial charge in [-0.2, -0.15) is 0 Å². The molecular formula is C8H6BClF3KO2. The van der Waals surface area contributed by atoms with Crippen LogP contribution in [0.15, 0.2) is 18.2 Å². The molecule has 0 saturated carbocycles. The molecule has 0 spiro atoms. The normalized spacial score (nSPS) is 10.6. The molecule has 0 aromatic heterocycles. The van der Waals surface area contributed by atoms with Crippen LogP contribution >= 0.6 is 11.6 Å². The van der Waals surface area contributed by atoms with Crippen molar-refractivity contribution in [1.29, 1.82) is 0 Å². The minimum Gasteiger partial charge on any atom is -0.465 e. The molecule has 0 N–H and O–H groups in total. The average Bonchev–Trinajstić information content (AvgIpc) is 2.15. The van der Waals surface area contributed by atoms with E-state index in [0.717, 1.165) is 13.2 Å². The van der Waals surface area contributed by atoms with Gasteiger partial charge in [0.2, 0.25) is 0 Å². The summed E-state index contributed by atoms with van der Waals surface area (Å²) < 4.78 is 41.6. The number of carbonyl (C=O) groups is 1. The molecule has 0 atom stereocenters. The van der Waals surface area contributed by atoms with E-state index < -0.39 is 23.4 Å². The molecule has 1 rings (SSSR count). The Morgan fingerprint density at radius 3 is 2.38 bits per heavy atom. The van der Waals surface area contributed by atoms with E-state index in [-0.39, 0.29) is 56.9 Å². The Balaban J connectivity index is 0.00000225. The van der Waals surface area contributed by atoms with Crippen molar-refractivity contribution in [3.05, 3.63) is 28.8 Å². The maximum atomic E-state index is 12.4. The molecule has 16 heavy (non-hydrogen) atoms. The van der Waals surface area contributed by atoms with Crippen molar-refractivity contribution in [1.82, 2.24) is 0 Å². The number of hydrogen-bond acceptors (Lipinski definition) is 2. The molecule has 8 heteroatoms. The molecule has 0 heterocycles. The van der Waals surface area contributed by atoms with Crippen molar-refractivity contribution in [2.24, 2.45) is 0 Å². The van der Waals surface area contributed by atoms with Gasteiger partial charge in [-0.25, -0.2) is 4.79 Å². The Hall–Kier alpha value is 0.471. The molecule has 0 aliphatic rings. The van der Waals surface area contributed by atoms with Gasteiger partial charge in [-0.05, 0) is 12.1 Å². The SMILES string of the molecule is COC(=O)c1ccc(Cl)c([B-](F)(F)F)c1.[K+]. The third kappa shape index (κ3) is 4.05. The number of rotatable bonds is 2. The van der Waals surface area contributed by atoms with E-state index in [1.165, 1.54) is 6.07 Å². The average molecular weight is 276 g/mol. The van der Waals surface area contributed by atoms with Gasteiger partial charge in [-0.1, -0.05) is 23.1 Å². The minimum atomic E-state index is -5.22. The molecule has 0 aliphatic heterocycles. The summed E-state index contributed by atoms with van der Waals surface area (Å²) in [7, 11) is 1.09. The summed E-state index contributed by atoms with van der Waals surface area (Å²) in [4.78, 5) is 11.0. The molecular weight excluding hydrogens is 270 g/mol. The Morgan fingerprint density at radius 1 is 1.38 bits per heavy atom. The molecule has 0 radical (unpaired) electrons. The van der Waals surface area contributed by atoms with E-state index in [4.69, 9.17) is 11.6 Å². The molecule has 1 aromatic carbocycles. The van der Waals surface area contributed by atoms with Gasteiger partial charge in [0.1, 0.15) is 0 Å². The van der Waals surface area contributed by atoms with E-state index in [1.54, 1.807) is 0 Å². The quantitative estimate of drug-likeness (QED) is 0.521. The van der Waals surface area contributed by atoms with Crippen LogP contribution in [-0.2, 0) is 4.74 Å². The fraction of sp³-hybridized carbons (Fsp3) is 0.125. The van der Waals surface area contributed by atoms with E-state index in [9.17, 15) is 17.7 Å². The molecule has 0 amide bonds. The topological polar surface area (TPSA) is 26.3 Å². The fourth-order valence-electron chi connectivity index (χ4n) is 1.04. The first kappa shape index (κ1) is 16.5. The van der Waals surface area contributed by atoms with E-state index in [0.29, 0.717) is 6.07 Å². The number of esters is 1. The third-order valence-electron chi connectivity index (χ3n) is 1.77. The third-order valence-corrected chi connectivity index (χ3v) is 2.11. The fourth-order valence-corrected chi connectivity index (χ4v) is 1.28. The zero-order chi connectivity index (χ0) is 11.6. The molecule has 0 saturated heterocycles. The van der Waals surface area contributed by atoms with Crippen molar-refractivity contribution in [2.45, 2.75) is 0 Å². The van der Waals surface area contributed by atoms with Gasteiger partial charge >= 0.3 is 64.3 Å². The monoisotopic (exact) mass is 276 g/mol. The van der Waals surface area contributed by atoms with Crippen LogP contribution < -0.4 is 56.8 Å². The number of halogens is 4. The van der Waals surface area contributed by atoms with Gasteiger partial charge < -0.3 is 17.7 Å². The number of methoxy groups -OCH3 is 1. The van der Waals surface area contributed by atoms with Crippen molar-refractivity contribution < 1.29 is 73.9 Å².